The summed E-state index contributed by atoms with van der Waals surface area (Å²) >= 11 is 1.90. The molecule has 0 unspecified atom stereocenters. The number of aromatic nitrogens is 3. The highest BCUT2D eigenvalue weighted by atomic mass is 32.2. The van der Waals surface area contributed by atoms with Crippen LogP contribution >= 0.6 is 11.8 Å². The van der Waals surface area contributed by atoms with E-state index in [0.717, 1.165) is 5.75 Å². The predicted molar refractivity (Wildman–Crippen MR) is 47.4 cm³/mol. The van der Waals surface area contributed by atoms with Crippen LogP contribution in [0.3, 0.4) is 0 Å². The van der Waals surface area contributed by atoms with Crippen LogP contribution in [0.4, 0.5) is 0 Å². The van der Waals surface area contributed by atoms with E-state index in [2.05, 4.69) is 24.2 Å². The molecule has 0 fully saturated rings. The lowest BCUT2D eigenvalue weighted by Gasteiger charge is -2.02. The topological polar surface area (TPSA) is 30.7 Å². The largest absolute Gasteiger partial charge is 0.252 e. The predicted octanol–water partition coefficient (Wildman–Crippen LogP) is 1.46. The summed E-state index contributed by atoms with van der Waals surface area (Å²) in [6.45, 7) is 4.38. The first-order valence-corrected chi connectivity index (χ1v) is 4.70. The third-order valence-corrected chi connectivity index (χ3v) is 2.50. The van der Waals surface area contributed by atoms with Crippen molar-refractivity contribution in [1.29, 1.82) is 0 Å². The van der Waals surface area contributed by atoms with Crippen molar-refractivity contribution in [3.05, 3.63) is 11.9 Å². The molecule has 0 bridgehead atoms. The molecule has 0 spiro atoms. The second-order valence-electron chi connectivity index (χ2n) is 2.71. The molecule has 0 radical (unpaired) electrons. The summed E-state index contributed by atoms with van der Waals surface area (Å²) in [6.07, 6.45) is 1.81. The smallest absolute Gasteiger partial charge is 0.0733 e. The second-order valence-corrected chi connectivity index (χ2v) is 4.27. The maximum absolute atomic E-state index is 3.85. The van der Waals surface area contributed by atoms with Crippen molar-refractivity contribution in [2.45, 2.75) is 24.9 Å². The minimum atomic E-state index is 0.671. The molecule has 1 rings (SSSR count). The van der Waals surface area contributed by atoms with Crippen LogP contribution in [0.1, 0.15) is 19.5 Å². The van der Waals surface area contributed by atoms with Gasteiger partial charge in [-0.3, -0.25) is 4.68 Å². The Morgan fingerprint density at radius 2 is 2.36 bits per heavy atom. The summed E-state index contributed by atoms with van der Waals surface area (Å²) in [5, 5.41) is 8.32. The zero-order valence-electron chi connectivity index (χ0n) is 7.11. The monoisotopic (exact) mass is 171 g/mol. The lowest BCUT2D eigenvalue weighted by Crippen LogP contribution is -1.98. The molecular formula is C7H13N3S. The van der Waals surface area contributed by atoms with Crippen LogP contribution in [0.5, 0.6) is 0 Å². The standard InChI is InChI=1S/C7H13N3S/c1-6(2)11-5-7-4-8-9-10(7)3/h4,6H,5H2,1-3H3. The number of rotatable bonds is 3. The molecule has 11 heavy (non-hydrogen) atoms. The number of nitrogens with zero attached hydrogens (tertiary/aromatic N) is 3. The van der Waals surface area contributed by atoms with Gasteiger partial charge in [-0.25, -0.2) is 0 Å². The zero-order chi connectivity index (χ0) is 8.27. The Hall–Kier alpha value is -0.510. The van der Waals surface area contributed by atoms with Gasteiger partial charge in [0.05, 0.1) is 11.9 Å². The van der Waals surface area contributed by atoms with Crippen LogP contribution < -0.4 is 0 Å². The van der Waals surface area contributed by atoms with Crippen molar-refractivity contribution >= 4 is 11.8 Å². The van der Waals surface area contributed by atoms with Crippen LogP contribution in [0, 0.1) is 0 Å². The molecule has 1 aromatic heterocycles. The van der Waals surface area contributed by atoms with Gasteiger partial charge in [0.15, 0.2) is 0 Å². The Kier molecular flexibility index (Phi) is 2.93. The molecule has 0 aromatic carbocycles. The Labute approximate surface area is 71.2 Å². The Morgan fingerprint density at radius 1 is 1.64 bits per heavy atom. The maximum Gasteiger partial charge on any atom is 0.0733 e. The van der Waals surface area contributed by atoms with Crippen molar-refractivity contribution in [3.63, 3.8) is 0 Å². The Balaban J connectivity index is 2.44. The number of hydrogen-bond acceptors (Lipinski definition) is 3. The highest BCUT2D eigenvalue weighted by Crippen LogP contribution is 2.15. The molecule has 0 aliphatic rings. The van der Waals surface area contributed by atoms with Gasteiger partial charge in [0, 0.05) is 12.8 Å². The first-order valence-electron chi connectivity index (χ1n) is 3.65. The molecule has 0 N–H and O–H groups in total. The molecule has 4 heteroatoms. The molecule has 62 valence electrons. The summed E-state index contributed by atoms with van der Waals surface area (Å²) in [4.78, 5) is 0. The fourth-order valence-corrected chi connectivity index (χ4v) is 1.46. The van der Waals surface area contributed by atoms with Gasteiger partial charge in [-0.2, -0.15) is 11.8 Å². The van der Waals surface area contributed by atoms with E-state index in [0.29, 0.717) is 5.25 Å². The first kappa shape index (κ1) is 8.59. The van der Waals surface area contributed by atoms with Crippen LogP contribution in [0.25, 0.3) is 0 Å². The van der Waals surface area contributed by atoms with Gasteiger partial charge in [-0.15, -0.1) is 5.10 Å². The van der Waals surface area contributed by atoms with E-state index in [1.807, 2.05) is 29.7 Å². The SMILES string of the molecule is CC(C)SCc1cnnn1C. The molecule has 1 aromatic rings. The van der Waals surface area contributed by atoms with Crippen molar-refractivity contribution in [2.75, 3.05) is 0 Å². The minimum absolute atomic E-state index is 0.671. The average Bonchev–Trinajstić information content (AvgIpc) is 2.31. The normalized spacial score (nSPS) is 10.9. The summed E-state index contributed by atoms with van der Waals surface area (Å²) < 4.78 is 1.81. The molecule has 0 aliphatic carbocycles. The van der Waals surface area contributed by atoms with Gasteiger partial charge in [0.2, 0.25) is 0 Å². The van der Waals surface area contributed by atoms with Gasteiger partial charge in [-0.05, 0) is 5.25 Å². The van der Waals surface area contributed by atoms with E-state index in [9.17, 15) is 0 Å². The molecule has 0 amide bonds. The van der Waals surface area contributed by atoms with Crippen molar-refractivity contribution in [3.8, 4) is 0 Å². The fourth-order valence-electron chi connectivity index (χ4n) is 0.694. The minimum Gasteiger partial charge on any atom is -0.252 e. The number of aryl methyl sites for hydroxylation is 1. The molecule has 0 atom stereocenters. The van der Waals surface area contributed by atoms with E-state index in [-0.39, 0.29) is 0 Å². The van der Waals surface area contributed by atoms with E-state index in [4.69, 9.17) is 0 Å². The molecule has 0 saturated heterocycles. The second kappa shape index (κ2) is 3.76. The quantitative estimate of drug-likeness (QED) is 0.689. The molecule has 0 aliphatic heterocycles. The van der Waals surface area contributed by atoms with Crippen molar-refractivity contribution < 1.29 is 0 Å². The Bertz CT molecular complexity index is 219. The maximum atomic E-state index is 3.85. The fraction of sp³-hybridized carbons (Fsp3) is 0.714. The van der Waals surface area contributed by atoms with E-state index in [1.54, 1.807) is 0 Å². The summed E-state index contributed by atoms with van der Waals surface area (Å²) in [5.74, 6) is 1.00. The summed E-state index contributed by atoms with van der Waals surface area (Å²) in [7, 11) is 1.92. The Morgan fingerprint density at radius 3 is 2.82 bits per heavy atom. The lowest BCUT2D eigenvalue weighted by molar-refractivity contribution is 0.693. The van der Waals surface area contributed by atoms with Crippen LogP contribution in [-0.4, -0.2) is 20.2 Å². The zero-order valence-corrected chi connectivity index (χ0v) is 7.93. The summed E-state index contributed by atoms with van der Waals surface area (Å²) in [5.41, 5.74) is 1.18. The lowest BCUT2D eigenvalue weighted by atomic mass is 10.5. The van der Waals surface area contributed by atoms with Gasteiger partial charge >= 0.3 is 0 Å². The third-order valence-electron chi connectivity index (χ3n) is 1.37. The summed E-state index contributed by atoms with van der Waals surface area (Å²) in [6, 6.07) is 0. The molecular weight excluding hydrogens is 158 g/mol. The average molecular weight is 171 g/mol. The number of thioether (sulfide) groups is 1. The van der Waals surface area contributed by atoms with E-state index < -0.39 is 0 Å². The third kappa shape index (κ3) is 2.54. The van der Waals surface area contributed by atoms with Gasteiger partial charge < -0.3 is 0 Å². The van der Waals surface area contributed by atoms with Crippen LogP contribution in [0.2, 0.25) is 0 Å². The van der Waals surface area contributed by atoms with Gasteiger partial charge in [0.1, 0.15) is 0 Å². The van der Waals surface area contributed by atoms with E-state index >= 15 is 0 Å². The van der Waals surface area contributed by atoms with Crippen molar-refractivity contribution in [2.24, 2.45) is 7.05 Å². The first-order chi connectivity index (χ1) is 5.20. The van der Waals surface area contributed by atoms with E-state index in [1.165, 1.54) is 5.69 Å². The molecule has 1 heterocycles. The number of hydrogen-bond donors (Lipinski definition) is 0. The molecule has 3 nitrogen and oxygen atoms in total. The van der Waals surface area contributed by atoms with Crippen LogP contribution in [-0.2, 0) is 12.8 Å². The van der Waals surface area contributed by atoms with Crippen LogP contribution in [0.15, 0.2) is 6.20 Å². The highest BCUT2D eigenvalue weighted by molar-refractivity contribution is 7.99. The van der Waals surface area contributed by atoms with Gasteiger partial charge in [-0.1, -0.05) is 19.1 Å². The molecule has 0 saturated carbocycles. The van der Waals surface area contributed by atoms with Crippen molar-refractivity contribution in [1.82, 2.24) is 15.0 Å². The van der Waals surface area contributed by atoms with Gasteiger partial charge in [0.25, 0.3) is 0 Å². The highest BCUT2D eigenvalue weighted by Gasteiger charge is 2.00.